The largest absolute Gasteiger partial charge is 0.507 e. The van der Waals surface area contributed by atoms with Crippen LogP contribution in [0.3, 0.4) is 0 Å². The highest BCUT2D eigenvalue weighted by atomic mass is 35.5. The minimum atomic E-state index is -0.802. The second kappa shape index (κ2) is 10.4. The van der Waals surface area contributed by atoms with Crippen molar-refractivity contribution >= 4 is 35.0 Å². The van der Waals surface area contributed by atoms with Crippen molar-refractivity contribution < 1.29 is 24.1 Å². The molecule has 182 valence electrons. The Morgan fingerprint density at radius 3 is 2.63 bits per heavy atom. The molecule has 1 aromatic heterocycles. The highest BCUT2D eigenvalue weighted by Gasteiger charge is 2.31. The maximum absolute atomic E-state index is 13.6. The van der Waals surface area contributed by atoms with Crippen LogP contribution in [0, 0.1) is 0 Å². The summed E-state index contributed by atoms with van der Waals surface area (Å²) in [6, 6.07) is 9.05. The van der Waals surface area contributed by atoms with Crippen LogP contribution < -0.4 is 24.4 Å². The first-order valence-electron chi connectivity index (χ1n) is 10.8. The summed E-state index contributed by atoms with van der Waals surface area (Å²) in [5.41, 5.74) is 0.844. The molecule has 10 heteroatoms. The molecule has 1 aliphatic heterocycles. The molecule has 0 aliphatic carbocycles. The molecule has 0 radical (unpaired) electrons. The van der Waals surface area contributed by atoms with Crippen molar-refractivity contribution in [2.45, 2.75) is 19.9 Å². The summed E-state index contributed by atoms with van der Waals surface area (Å²) in [4.78, 5) is 31.0. The SMILES string of the molecule is CCOc1ccc([C@H]2C(C(=O)OC)=CN=c3s/c(=C\c4cc(Cl)ccc4O)c(=O)n32)cc1OCC. The second-order valence-electron chi connectivity index (χ2n) is 7.45. The molecule has 0 saturated heterocycles. The van der Waals surface area contributed by atoms with Gasteiger partial charge in [0.05, 0.1) is 36.5 Å². The highest BCUT2D eigenvalue weighted by Crippen LogP contribution is 2.35. The number of carbonyl (C=O) groups excluding carboxylic acids is 1. The standard InChI is InChI=1S/C25H23ClN2O6S/c1-4-33-19-9-6-14(11-20(19)34-5-2)22-17(24(31)32-3)13-27-25-28(22)23(30)21(35-25)12-15-10-16(26)7-8-18(15)29/h6-13,22,29H,4-5H2,1-3H3/b21-12-/t22-/m0/s1. The van der Waals surface area contributed by atoms with E-state index in [1.54, 1.807) is 36.4 Å². The number of aromatic hydroxyl groups is 1. The molecule has 4 rings (SSSR count). The average Bonchev–Trinajstić information content (AvgIpc) is 3.17. The van der Waals surface area contributed by atoms with Crippen molar-refractivity contribution in [3.05, 3.63) is 84.0 Å². The Morgan fingerprint density at radius 2 is 1.91 bits per heavy atom. The van der Waals surface area contributed by atoms with Crippen LogP contribution in [-0.4, -0.2) is 36.0 Å². The van der Waals surface area contributed by atoms with Crippen LogP contribution >= 0.6 is 22.9 Å². The lowest BCUT2D eigenvalue weighted by Crippen LogP contribution is -2.39. The van der Waals surface area contributed by atoms with Crippen LogP contribution in [0.1, 0.15) is 31.0 Å². The average molecular weight is 515 g/mol. The number of ether oxygens (including phenoxy) is 3. The molecule has 0 bridgehead atoms. The zero-order chi connectivity index (χ0) is 25.1. The molecular formula is C25H23ClN2O6S. The summed E-state index contributed by atoms with van der Waals surface area (Å²) in [6.45, 7) is 4.60. The fourth-order valence-corrected chi connectivity index (χ4v) is 4.91. The molecular weight excluding hydrogens is 492 g/mol. The summed E-state index contributed by atoms with van der Waals surface area (Å²) in [5, 5.41) is 10.6. The van der Waals surface area contributed by atoms with Crippen molar-refractivity contribution in [2.24, 2.45) is 4.99 Å². The molecule has 0 spiro atoms. The quantitative estimate of drug-likeness (QED) is 0.486. The lowest BCUT2D eigenvalue weighted by molar-refractivity contribution is -0.136. The molecule has 0 saturated carbocycles. The Bertz CT molecular complexity index is 1490. The number of hydrogen-bond donors (Lipinski definition) is 1. The summed E-state index contributed by atoms with van der Waals surface area (Å²) < 4.78 is 18.1. The molecule has 0 fully saturated rings. The molecule has 1 N–H and O–H groups in total. The monoisotopic (exact) mass is 514 g/mol. The molecule has 3 aromatic rings. The topological polar surface area (TPSA) is 99.4 Å². The van der Waals surface area contributed by atoms with E-state index in [0.29, 0.717) is 50.2 Å². The Kier molecular flexibility index (Phi) is 7.28. The van der Waals surface area contributed by atoms with Crippen LogP contribution in [0.15, 0.2) is 58.0 Å². The number of thiazole rings is 1. The molecule has 35 heavy (non-hydrogen) atoms. The first-order valence-corrected chi connectivity index (χ1v) is 12.0. The molecule has 1 aliphatic rings. The van der Waals surface area contributed by atoms with Crippen LogP contribution in [0.4, 0.5) is 0 Å². The first kappa shape index (κ1) is 24.6. The number of aromatic nitrogens is 1. The van der Waals surface area contributed by atoms with Gasteiger partial charge < -0.3 is 19.3 Å². The smallest absolute Gasteiger partial charge is 0.337 e. The molecule has 2 aromatic carbocycles. The van der Waals surface area contributed by atoms with Crippen LogP contribution in [0.5, 0.6) is 17.2 Å². The van der Waals surface area contributed by atoms with E-state index in [-0.39, 0.29) is 16.9 Å². The number of esters is 1. The fourth-order valence-electron chi connectivity index (χ4n) is 3.77. The number of fused-ring (bicyclic) bond motifs is 1. The molecule has 8 nitrogen and oxygen atoms in total. The van der Waals surface area contributed by atoms with Gasteiger partial charge in [-0.25, -0.2) is 9.79 Å². The second-order valence-corrected chi connectivity index (χ2v) is 8.90. The van der Waals surface area contributed by atoms with Crippen molar-refractivity contribution in [1.29, 1.82) is 0 Å². The van der Waals surface area contributed by atoms with Crippen molar-refractivity contribution in [1.82, 2.24) is 4.57 Å². The highest BCUT2D eigenvalue weighted by molar-refractivity contribution is 7.07. The number of carbonyl (C=O) groups is 1. The minimum absolute atomic E-state index is 0.0140. The van der Waals surface area contributed by atoms with Crippen LogP contribution in [-0.2, 0) is 9.53 Å². The number of methoxy groups -OCH3 is 1. The van der Waals surface area contributed by atoms with E-state index in [2.05, 4.69) is 4.99 Å². The molecule has 0 unspecified atom stereocenters. The lowest BCUT2D eigenvalue weighted by atomic mass is 9.97. The van der Waals surface area contributed by atoms with Gasteiger partial charge in [-0.3, -0.25) is 9.36 Å². The fraction of sp³-hybridized carbons (Fsp3) is 0.240. The van der Waals surface area contributed by atoms with Gasteiger partial charge in [-0.1, -0.05) is 29.0 Å². The molecule has 2 heterocycles. The minimum Gasteiger partial charge on any atom is -0.507 e. The number of phenols is 1. The maximum Gasteiger partial charge on any atom is 0.337 e. The summed E-state index contributed by atoms with van der Waals surface area (Å²) in [6.07, 6.45) is 2.97. The normalized spacial score (nSPS) is 15.1. The van der Waals surface area contributed by atoms with E-state index in [9.17, 15) is 14.7 Å². The van der Waals surface area contributed by atoms with E-state index in [0.717, 1.165) is 11.3 Å². The van der Waals surface area contributed by atoms with Gasteiger partial charge in [-0.2, -0.15) is 0 Å². The van der Waals surface area contributed by atoms with Crippen LogP contribution in [0.25, 0.3) is 6.08 Å². The van der Waals surface area contributed by atoms with Gasteiger partial charge in [0.15, 0.2) is 16.3 Å². The van der Waals surface area contributed by atoms with Gasteiger partial charge >= 0.3 is 5.97 Å². The maximum atomic E-state index is 13.6. The Morgan fingerprint density at radius 1 is 1.17 bits per heavy atom. The van der Waals surface area contributed by atoms with Crippen molar-refractivity contribution in [2.75, 3.05) is 20.3 Å². The van der Waals surface area contributed by atoms with Crippen LogP contribution in [0.2, 0.25) is 5.02 Å². The Hall–Kier alpha value is -3.56. The third-order valence-electron chi connectivity index (χ3n) is 5.28. The summed E-state index contributed by atoms with van der Waals surface area (Å²) in [7, 11) is 1.27. The van der Waals surface area contributed by atoms with Gasteiger partial charge in [-0.15, -0.1) is 0 Å². The first-order chi connectivity index (χ1) is 16.9. The van der Waals surface area contributed by atoms with Gasteiger partial charge in [0.2, 0.25) is 0 Å². The molecule has 0 amide bonds. The van der Waals surface area contributed by atoms with Gasteiger partial charge in [0.25, 0.3) is 5.56 Å². The summed E-state index contributed by atoms with van der Waals surface area (Å²) >= 11 is 7.20. The van der Waals surface area contributed by atoms with Crippen molar-refractivity contribution in [3.63, 3.8) is 0 Å². The number of nitrogens with zero attached hydrogens (tertiary/aromatic N) is 2. The number of halogens is 1. The van der Waals surface area contributed by atoms with E-state index >= 15 is 0 Å². The van der Waals surface area contributed by atoms with Gasteiger partial charge in [0.1, 0.15) is 5.75 Å². The number of benzene rings is 2. The van der Waals surface area contributed by atoms with E-state index in [1.165, 1.54) is 23.9 Å². The third-order valence-corrected chi connectivity index (χ3v) is 6.52. The lowest BCUT2D eigenvalue weighted by Gasteiger charge is -2.23. The predicted molar refractivity (Wildman–Crippen MR) is 133 cm³/mol. The third kappa shape index (κ3) is 4.82. The van der Waals surface area contributed by atoms with E-state index in [1.807, 2.05) is 13.8 Å². The zero-order valence-electron chi connectivity index (χ0n) is 19.3. The number of hydrogen-bond acceptors (Lipinski definition) is 8. The van der Waals surface area contributed by atoms with Gasteiger partial charge in [-0.05, 0) is 55.8 Å². The van der Waals surface area contributed by atoms with Crippen molar-refractivity contribution in [3.8, 4) is 17.2 Å². The van der Waals surface area contributed by atoms with Gasteiger partial charge in [0, 0.05) is 16.8 Å². The zero-order valence-corrected chi connectivity index (χ0v) is 20.9. The number of rotatable bonds is 7. The summed E-state index contributed by atoms with van der Waals surface area (Å²) in [5.74, 6) is 0.442. The van der Waals surface area contributed by atoms with E-state index < -0.39 is 12.0 Å². The number of phenolic OH excluding ortho intramolecular Hbond substituents is 1. The molecule has 1 atom stereocenters. The predicted octanol–water partition coefficient (Wildman–Crippen LogP) is 3.17. The Balaban J connectivity index is 1.93. The Labute approximate surface area is 210 Å². The van der Waals surface area contributed by atoms with E-state index in [4.69, 9.17) is 25.8 Å².